The third-order valence-electron chi connectivity index (χ3n) is 5.03. The van der Waals surface area contributed by atoms with Crippen molar-refractivity contribution in [2.24, 2.45) is 0 Å². The van der Waals surface area contributed by atoms with Crippen LogP contribution in [0.4, 0.5) is 0 Å². The van der Waals surface area contributed by atoms with Gasteiger partial charge in [0.25, 0.3) is 5.91 Å². The Morgan fingerprint density at radius 1 is 1.17 bits per heavy atom. The lowest BCUT2D eigenvalue weighted by Gasteiger charge is -2.17. The molecule has 30 heavy (non-hydrogen) atoms. The Balaban J connectivity index is 1.83. The normalized spacial score (nSPS) is 11.6. The van der Waals surface area contributed by atoms with E-state index in [9.17, 15) is 4.79 Å². The standard InChI is InChI=1S/C22H25N5O3/c1-12(2)27-21-19(10-23-27)18(9-20(24-21)17-8-13(3)29-15(17)5)22(28)26(6)11-16-7-14(4)30-25-16/h7-10,12H,11H2,1-6H3. The van der Waals surface area contributed by atoms with Gasteiger partial charge >= 0.3 is 0 Å². The van der Waals surface area contributed by atoms with Crippen molar-refractivity contribution in [1.82, 2.24) is 24.8 Å². The molecule has 0 aliphatic heterocycles. The van der Waals surface area contributed by atoms with Gasteiger partial charge in [-0.2, -0.15) is 5.10 Å². The van der Waals surface area contributed by atoms with Crippen LogP contribution in [0.1, 0.15) is 53.2 Å². The number of amides is 1. The average Bonchev–Trinajstić information content (AvgIpc) is 3.38. The Kier molecular flexibility index (Phi) is 4.93. The fraction of sp³-hybridized carbons (Fsp3) is 0.364. The topological polar surface area (TPSA) is 90.2 Å². The molecule has 4 heterocycles. The minimum absolute atomic E-state index is 0.108. The molecule has 0 bridgehead atoms. The van der Waals surface area contributed by atoms with Crippen LogP contribution < -0.4 is 0 Å². The number of hydrogen-bond donors (Lipinski definition) is 0. The van der Waals surface area contributed by atoms with Crippen LogP contribution in [0, 0.1) is 20.8 Å². The first-order valence-electron chi connectivity index (χ1n) is 9.88. The molecule has 4 aromatic rings. The summed E-state index contributed by atoms with van der Waals surface area (Å²) in [6, 6.07) is 5.69. The van der Waals surface area contributed by atoms with E-state index in [2.05, 4.69) is 10.3 Å². The lowest BCUT2D eigenvalue weighted by Crippen LogP contribution is -2.26. The maximum absolute atomic E-state index is 13.4. The second-order valence-corrected chi connectivity index (χ2v) is 7.89. The summed E-state index contributed by atoms with van der Waals surface area (Å²) >= 11 is 0. The van der Waals surface area contributed by atoms with Crippen LogP contribution in [0.5, 0.6) is 0 Å². The molecule has 4 rings (SSSR count). The van der Waals surface area contributed by atoms with Crippen molar-refractivity contribution in [3.8, 4) is 11.3 Å². The largest absolute Gasteiger partial charge is 0.466 e. The molecule has 0 radical (unpaired) electrons. The van der Waals surface area contributed by atoms with Crippen LogP contribution in [0.2, 0.25) is 0 Å². The molecule has 8 heteroatoms. The molecule has 0 atom stereocenters. The highest BCUT2D eigenvalue weighted by Crippen LogP contribution is 2.30. The highest BCUT2D eigenvalue weighted by molar-refractivity contribution is 6.06. The van der Waals surface area contributed by atoms with Crippen molar-refractivity contribution in [1.29, 1.82) is 0 Å². The van der Waals surface area contributed by atoms with Gasteiger partial charge in [0.05, 0.1) is 29.4 Å². The Morgan fingerprint density at radius 3 is 2.53 bits per heavy atom. The van der Waals surface area contributed by atoms with Gasteiger partial charge in [-0.15, -0.1) is 0 Å². The van der Waals surface area contributed by atoms with Crippen molar-refractivity contribution in [3.05, 3.63) is 52.9 Å². The number of nitrogens with zero attached hydrogens (tertiary/aromatic N) is 5. The van der Waals surface area contributed by atoms with E-state index < -0.39 is 0 Å². The molecule has 0 spiro atoms. The van der Waals surface area contributed by atoms with E-state index in [1.54, 1.807) is 18.1 Å². The Labute approximate surface area is 174 Å². The summed E-state index contributed by atoms with van der Waals surface area (Å²) in [5, 5.41) is 9.19. The first-order valence-corrected chi connectivity index (χ1v) is 9.88. The first kappa shape index (κ1) is 19.9. The van der Waals surface area contributed by atoms with Crippen molar-refractivity contribution in [2.75, 3.05) is 7.05 Å². The van der Waals surface area contributed by atoms with Gasteiger partial charge in [-0.05, 0) is 46.8 Å². The number of rotatable bonds is 5. The summed E-state index contributed by atoms with van der Waals surface area (Å²) in [4.78, 5) is 19.9. The predicted octanol–water partition coefficient (Wildman–Crippen LogP) is 4.46. The van der Waals surface area contributed by atoms with E-state index in [4.69, 9.17) is 13.9 Å². The minimum atomic E-state index is -0.134. The SMILES string of the molecule is Cc1cc(CN(C)C(=O)c2cc(-c3cc(C)oc3C)nc3c2cnn3C(C)C)no1. The zero-order valence-corrected chi connectivity index (χ0v) is 18.1. The monoisotopic (exact) mass is 407 g/mol. The Hall–Kier alpha value is -3.42. The van der Waals surface area contributed by atoms with E-state index in [1.807, 2.05) is 57.5 Å². The van der Waals surface area contributed by atoms with Gasteiger partial charge in [-0.1, -0.05) is 5.16 Å². The minimum Gasteiger partial charge on any atom is -0.466 e. The third-order valence-corrected chi connectivity index (χ3v) is 5.03. The molecule has 0 saturated carbocycles. The van der Waals surface area contributed by atoms with Gasteiger partial charge < -0.3 is 13.8 Å². The van der Waals surface area contributed by atoms with Crippen molar-refractivity contribution >= 4 is 16.9 Å². The maximum atomic E-state index is 13.4. The summed E-state index contributed by atoms with van der Waals surface area (Å²) in [7, 11) is 1.75. The van der Waals surface area contributed by atoms with E-state index in [1.165, 1.54) is 0 Å². The smallest absolute Gasteiger partial charge is 0.254 e. The highest BCUT2D eigenvalue weighted by atomic mass is 16.5. The van der Waals surface area contributed by atoms with Crippen LogP contribution in [0.3, 0.4) is 0 Å². The number of furan rings is 1. The molecular weight excluding hydrogens is 382 g/mol. The molecule has 0 aliphatic rings. The van der Waals surface area contributed by atoms with Crippen LogP contribution in [-0.2, 0) is 6.54 Å². The molecule has 0 N–H and O–H groups in total. The Bertz CT molecular complexity index is 1230. The van der Waals surface area contributed by atoms with Crippen LogP contribution in [0.15, 0.2) is 33.3 Å². The number of hydrogen-bond acceptors (Lipinski definition) is 6. The van der Waals surface area contributed by atoms with Gasteiger partial charge in [-0.3, -0.25) is 4.79 Å². The number of aryl methyl sites for hydroxylation is 3. The number of fused-ring (bicyclic) bond motifs is 1. The summed E-state index contributed by atoms with van der Waals surface area (Å²) in [6.07, 6.45) is 1.71. The first-order chi connectivity index (χ1) is 14.2. The van der Waals surface area contributed by atoms with Crippen molar-refractivity contribution < 1.29 is 13.7 Å². The van der Waals surface area contributed by atoms with E-state index >= 15 is 0 Å². The lowest BCUT2D eigenvalue weighted by atomic mass is 10.1. The van der Waals surface area contributed by atoms with Crippen LogP contribution >= 0.6 is 0 Å². The van der Waals surface area contributed by atoms with Gasteiger partial charge in [0.1, 0.15) is 23.0 Å². The summed E-state index contributed by atoms with van der Waals surface area (Å²) < 4.78 is 12.6. The van der Waals surface area contributed by atoms with E-state index in [0.717, 1.165) is 22.5 Å². The van der Waals surface area contributed by atoms with Crippen molar-refractivity contribution in [2.45, 2.75) is 47.2 Å². The third kappa shape index (κ3) is 3.49. The molecule has 0 unspecified atom stereocenters. The van der Waals surface area contributed by atoms with Crippen LogP contribution in [-0.4, -0.2) is 37.8 Å². The number of carbonyl (C=O) groups is 1. The average molecular weight is 407 g/mol. The molecule has 0 fully saturated rings. The number of carbonyl (C=O) groups excluding carboxylic acids is 1. The van der Waals surface area contributed by atoms with E-state index in [0.29, 0.717) is 34.9 Å². The quantitative estimate of drug-likeness (QED) is 0.485. The summed E-state index contributed by atoms with van der Waals surface area (Å²) in [5.41, 5.74) is 3.48. The Morgan fingerprint density at radius 2 is 1.93 bits per heavy atom. The van der Waals surface area contributed by atoms with Gasteiger partial charge in [0, 0.05) is 24.7 Å². The van der Waals surface area contributed by atoms with E-state index in [-0.39, 0.29) is 11.9 Å². The molecule has 0 aromatic carbocycles. The van der Waals surface area contributed by atoms with Gasteiger partial charge in [-0.25, -0.2) is 9.67 Å². The molecule has 8 nitrogen and oxygen atoms in total. The van der Waals surface area contributed by atoms with Gasteiger partial charge in [0.15, 0.2) is 5.65 Å². The zero-order chi connectivity index (χ0) is 21.6. The zero-order valence-electron chi connectivity index (χ0n) is 18.1. The second-order valence-electron chi connectivity index (χ2n) is 7.89. The van der Waals surface area contributed by atoms with Crippen molar-refractivity contribution in [3.63, 3.8) is 0 Å². The second kappa shape index (κ2) is 7.44. The molecule has 0 saturated heterocycles. The van der Waals surface area contributed by atoms with Gasteiger partial charge in [0.2, 0.25) is 0 Å². The van der Waals surface area contributed by atoms with Crippen LogP contribution in [0.25, 0.3) is 22.3 Å². The number of aromatic nitrogens is 4. The maximum Gasteiger partial charge on any atom is 0.254 e. The predicted molar refractivity (Wildman–Crippen MR) is 112 cm³/mol. The molecule has 156 valence electrons. The lowest BCUT2D eigenvalue weighted by molar-refractivity contribution is 0.0784. The molecular formula is C22H25N5O3. The fourth-order valence-electron chi connectivity index (χ4n) is 3.61. The molecule has 4 aromatic heterocycles. The summed E-state index contributed by atoms with van der Waals surface area (Å²) in [5.74, 6) is 2.14. The summed E-state index contributed by atoms with van der Waals surface area (Å²) in [6.45, 7) is 10.0. The number of pyridine rings is 1. The highest BCUT2D eigenvalue weighted by Gasteiger charge is 2.23. The molecule has 1 amide bonds. The molecule has 0 aliphatic carbocycles. The fourth-order valence-corrected chi connectivity index (χ4v) is 3.61.